The number of fused-ring (bicyclic) bond motifs is 1. The van der Waals surface area contributed by atoms with Crippen LogP contribution in [0.15, 0.2) is 30.3 Å². The average molecular weight is 401 g/mol. The molecule has 1 aliphatic heterocycles. The van der Waals surface area contributed by atoms with Crippen molar-refractivity contribution in [3.8, 4) is 0 Å². The standard InChI is InChI=1S/C23H32N2O2S/c1-17(18-10-4-2-5-11-18)25-21(26)16-28-20-14-8-9-15-23(20,25)22(27)24-19-12-6-3-7-13-19/h2,4-5,10-11,17,19-20H,3,6-9,12-16H2,1H3,(H,24,27)/t17-,20?,23?/m0/s1. The number of nitrogens with zero attached hydrogens (tertiary/aromatic N) is 1. The van der Waals surface area contributed by atoms with Crippen molar-refractivity contribution in [3.05, 3.63) is 35.9 Å². The van der Waals surface area contributed by atoms with Crippen molar-refractivity contribution < 1.29 is 9.59 Å². The van der Waals surface area contributed by atoms with Crippen molar-refractivity contribution in [2.45, 2.75) is 87.6 Å². The van der Waals surface area contributed by atoms with Crippen molar-refractivity contribution >= 4 is 23.6 Å². The molecule has 4 nitrogen and oxygen atoms in total. The minimum Gasteiger partial charge on any atom is -0.351 e. The van der Waals surface area contributed by atoms with E-state index in [9.17, 15) is 9.59 Å². The van der Waals surface area contributed by atoms with Crippen LogP contribution in [0.5, 0.6) is 0 Å². The maximum absolute atomic E-state index is 13.8. The topological polar surface area (TPSA) is 49.4 Å². The summed E-state index contributed by atoms with van der Waals surface area (Å²) in [6.07, 6.45) is 9.77. The van der Waals surface area contributed by atoms with Crippen LogP contribution >= 0.6 is 11.8 Å². The van der Waals surface area contributed by atoms with Gasteiger partial charge in [-0.15, -0.1) is 11.8 Å². The van der Waals surface area contributed by atoms with Gasteiger partial charge in [-0.05, 0) is 38.2 Å². The first-order valence-electron chi connectivity index (χ1n) is 10.9. The number of thioether (sulfide) groups is 1. The zero-order chi connectivity index (χ0) is 19.6. The van der Waals surface area contributed by atoms with Crippen LogP contribution in [0.4, 0.5) is 0 Å². The van der Waals surface area contributed by atoms with Gasteiger partial charge in [-0.2, -0.15) is 0 Å². The van der Waals surface area contributed by atoms with Crippen molar-refractivity contribution in [2.75, 3.05) is 5.75 Å². The second-order valence-corrected chi connectivity index (χ2v) is 9.82. The maximum atomic E-state index is 13.8. The third kappa shape index (κ3) is 3.58. The van der Waals surface area contributed by atoms with E-state index in [1.54, 1.807) is 11.8 Å². The predicted octanol–water partition coefficient (Wildman–Crippen LogP) is 4.45. The number of carbonyl (C=O) groups excluding carboxylic acids is 2. The molecular weight excluding hydrogens is 368 g/mol. The third-order valence-corrected chi connectivity index (χ3v) is 8.36. The van der Waals surface area contributed by atoms with Crippen LogP contribution in [-0.4, -0.2) is 39.3 Å². The molecule has 0 spiro atoms. The Labute approximate surface area is 172 Å². The molecular formula is C23H32N2O2S. The molecule has 0 bridgehead atoms. The molecule has 152 valence electrons. The van der Waals surface area contributed by atoms with Crippen molar-refractivity contribution in [2.24, 2.45) is 0 Å². The number of rotatable bonds is 4. The van der Waals surface area contributed by atoms with Gasteiger partial charge >= 0.3 is 0 Å². The smallest absolute Gasteiger partial charge is 0.247 e. The van der Waals surface area contributed by atoms with E-state index >= 15 is 0 Å². The number of benzene rings is 1. The quantitative estimate of drug-likeness (QED) is 0.812. The van der Waals surface area contributed by atoms with Crippen LogP contribution in [0.3, 0.4) is 0 Å². The van der Waals surface area contributed by atoms with E-state index < -0.39 is 5.54 Å². The molecule has 2 unspecified atom stereocenters. The molecule has 3 aliphatic rings. The van der Waals surface area contributed by atoms with Gasteiger partial charge in [0.2, 0.25) is 11.8 Å². The van der Waals surface area contributed by atoms with Gasteiger partial charge < -0.3 is 10.2 Å². The summed E-state index contributed by atoms with van der Waals surface area (Å²) in [5.74, 6) is 0.700. The lowest BCUT2D eigenvalue weighted by Gasteiger charge is -2.55. The Morgan fingerprint density at radius 3 is 2.57 bits per heavy atom. The molecule has 2 amide bonds. The fraction of sp³-hybridized carbons (Fsp3) is 0.652. The Morgan fingerprint density at radius 2 is 1.82 bits per heavy atom. The van der Waals surface area contributed by atoms with E-state index in [0.29, 0.717) is 5.75 Å². The Hall–Kier alpha value is -1.49. The SMILES string of the molecule is C[C@@H](c1ccccc1)N1C(=O)CSC2CCCCC21C(=O)NC1CCCCC1. The van der Waals surface area contributed by atoms with E-state index in [-0.39, 0.29) is 29.1 Å². The number of hydrogen-bond donors (Lipinski definition) is 1. The first-order chi connectivity index (χ1) is 13.6. The van der Waals surface area contributed by atoms with E-state index in [4.69, 9.17) is 0 Å². The summed E-state index contributed by atoms with van der Waals surface area (Å²) in [5, 5.41) is 3.59. The minimum absolute atomic E-state index is 0.0905. The van der Waals surface area contributed by atoms with Gasteiger partial charge in [-0.1, -0.05) is 62.4 Å². The van der Waals surface area contributed by atoms with Crippen LogP contribution < -0.4 is 5.32 Å². The van der Waals surface area contributed by atoms with E-state index in [1.807, 2.05) is 23.1 Å². The normalized spacial score (nSPS) is 29.8. The molecule has 3 atom stereocenters. The van der Waals surface area contributed by atoms with Crippen LogP contribution in [0.25, 0.3) is 0 Å². The second kappa shape index (κ2) is 8.48. The van der Waals surface area contributed by atoms with Crippen molar-refractivity contribution in [1.29, 1.82) is 0 Å². The molecule has 5 heteroatoms. The lowest BCUT2D eigenvalue weighted by atomic mass is 9.76. The monoisotopic (exact) mass is 400 g/mol. The maximum Gasteiger partial charge on any atom is 0.247 e. The summed E-state index contributed by atoms with van der Waals surface area (Å²) in [6.45, 7) is 2.09. The zero-order valence-electron chi connectivity index (χ0n) is 16.9. The molecule has 1 aromatic carbocycles. The Kier molecular flexibility index (Phi) is 6.00. The fourth-order valence-corrected chi connectivity index (χ4v) is 6.88. The van der Waals surface area contributed by atoms with Crippen LogP contribution in [0.2, 0.25) is 0 Å². The Balaban J connectivity index is 1.68. The molecule has 3 fully saturated rings. The van der Waals surface area contributed by atoms with Crippen molar-refractivity contribution in [3.63, 3.8) is 0 Å². The van der Waals surface area contributed by atoms with Crippen molar-refractivity contribution in [1.82, 2.24) is 10.2 Å². The lowest BCUT2D eigenvalue weighted by molar-refractivity contribution is -0.153. The van der Waals surface area contributed by atoms with Gasteiger partial charge in [0.05, 0.1) is 11.8 Å². The van der Waals surface area contributed by atoms with Gasteiger partial charge in [-0.25, -0.2) is 0 Å². The second-order valence-electron chi connectivity index (χ2n) is 8.63. The molecule has 0 radical (unpaired) electrons. The molecule has 28 heavy (non-hydrogen) atoms. The number of nitrogens with one attached hydrogen (secondary N) is 1. The first kappa shape index (κ1) is 19.8. The molecule has 1 N–H and O–H groups in total. The summed E-state index contributed by atoms with van der Waals surface area (Å²) in [4.78, 5) is 29.0. The Bertz CT molecular complexity index is 704. The van der Waals surface area contributed by atoms with Gasteiger partial charge in [-0.3, -0.25) is 9.59 Å². The van der Waals surface area contributed by atoms with Gasteiger partial charge in [0.15, 0.2) is 0 Å². The summed E-state index contributed by atoms with van der Waals surface area (Å²) >= 11 is 1.71. The van der Waals surface area contributed by atoms with E-state index in [2.05, 4.69) is 24.4 Å². The number of amides is 2. The van der Waals surface area contributed by atoms with E-state index in [1.165, 1.54) is 19.3 Å². The average Bonchev–Trinajstić information content (AvgIpc) is 2.74. The summed E-state index contributed by atoms with van der Waals surface area (Å²) in [6, 6.07) is 10.4. The fourth-order valence-electron chi connectivity index (χ4n) is 5.45. The minimum atomic E-state index is -0.703. The predicted molar refractivity (Wildman–Crippen MR) is 114 cm³/mol. The molecule has 1 aromatic rings. The summed E-state index contributed by atoms with van der Waals surface area (Å²) < 4.78 is 0. The Morgan fingerprint density at radius 1 is 1.11 bits per heavy atom. The van der Waals surface area contributed by atoms with Crippen LogP contribution in [0, 0.1) is 0 Å². The number of hydrogen-bond acceptors (Lipinski definition) is 3. The van der Waals surface area contributed by atoms with Gasteiger partial charge in [0.1, 0.15) is 5.54 Å². The van der Waals surface area contributed by atoms with Gasteiger partial charge in [0, 0.05) is 11.3 Å². The highest BCUT2D eigenvalue weighted by Crippen LogP contribution is 2.48. The van der Waals surface area contributed by atoms with Crippen LogP contribution in [0.1, 0.15) is 76.3 Å². The molecule has 2 aliphatic carbocycles. The highest BCUT2D eigenvalue weighted by atomic mass is 32.2. The third-order valence-electron chi connectivity index (χ3n) is 6.92. The number of carbonyl (C=O) groups is 2. The highest BCUT2D eigenvalue weighted by Gasteiger charge is 2.57. The molecule has 1 saturated heterocycles. The molecule has 2 saturated carbocycles. The summed E-state index contributed by atoms with van der Waals surface area (Å²) in [7, 11) is 0. The zero-order valence-corrected chi connectivity index (χ0v) is 17.7. The van der Waals surface area contributed by atoms with Crippen LogP contribution in [-0.2, 0) is 9.59 Å². The molecule has 4 rings (SSSR count). The van der Waals surface area contributed by atoms with E-state index in [0.717, 1.165) is 44.1 Å². The summed E-state index contributed by atoms with van der Waals surface area (Å²) in [5.41, 5.74) is 0.405. The van der Waals surface area contributed by atoms with Gasteiger partial charge in [0.25, 0.3) is 0 Å². The molecule has 0 aromatic heterocycles. The molecule has 1 heterocycles. The largest absolute Gasteiger partial charge is 0.351 e. The first-order valence-corrected chi connectivity index (χ1v) is 12.0. The lowest BCUT2D eigenvalue weighted by Crippen LogP contribution is -2.70. The highest BCUT2D eigenvalue weighted by molar-refractivity contribution is 8.00.